The predicted molar refractivity (Wildman–Crippen MR) is 78.7 cm³/mol. The molecule has 2 rings (SSSR count). The number of hydrogen-bond donors (Lipinski definition) is 1. The summed E-state index contributed by atoms with van der Waals surface area (Å²) in [5.41, 5.74) is 7.28. The van der Waals surface area contributed by atoms with Crippen LogP contribution in [0.4, 0.5) is 0 Å². The molecule has 2 atom stereocenters. The molecule has 18 heavy (non-hydrogen) atoms. The number of benzene rings is 1. The fourth-order valence-corrected chi connectivity index (χ4v) is 3.33. The Balaban J connectivity index is 2.05. The van der Waals surface area contributed by atoms with Gasteiger partial charge in [0.05, 0.1) is 11.7 Å². The Morgan fingerprint density at radius 2 is 2.17 bits per heavy atom. The smallest absolute Gasteiger partial charge is 0.0631 e. The van der Waals surface area contributed by atoms with Crippen molar-refractivity contribution < 1.29 is 4.74 Å². The van der Waals surface area contributed by atoms with Crippen LogP contribution in [0, 0.1) is 0 Å². The van der Waals surface area contributed by atoms with Gasteiger partial charge in [-0.25, -0.2) is 0 Å². The second kappa shape index (κ2) is 5.72. The molecular formula is C15H22BrNO. The van der Waals surface area contributed by atoms with Crippen LogP contribution in [0.15, 0.2) is 28.7 Å². The molecule has 1 aliphatic heterocycles. The van der Waals surface area contributed by atoms with Crippen molar-refractivity contribution >= 4 is 15.9 Å². The molecule has 0 radical (unpaired) electrons. The number of hydrogen-bond acceptors (Lipinski definition) is 2. The van der Waals surface area contributed by atoms with E-state index in [1.807, 2.05) is 6.07 Å². The fourth-order valence-electron chi connectivity index (χ4n) is 2.72. The molecule has 0 aliphatic carbocycles. The van der Waals surface area contributed by atoms with E-state index in [0.29, 0.717) is 18.6 Å². The van der Waals surface area contributed by atoms with Gasteiger partial charge in [0.25, 0.3) is 0 Å². The Morgan fingerprint density at radius 3 is 2.72 bits per heavy atom. The van der Waals surface area contributed by atoms with Gasteiger partial charge in [0, 0.05) is 4.47 Å². The summed E-state index contributed by atoms with van der Waals surface area (Å²) in [7, 11) is 0. The molecule has 1 fully saturated rings. The highest BCUT2D eigenvalue weighted by atomic mass is 79.9. The van der Waals surface area contributed by atoms with Gasteiger partial charge < -0.3 is 10.5 Å². The van der Waals surface area contributed by atoms with Crippen molar-refractivity contribution in [2.24, 2.45) is 5.73 Å². The third kappa shape index (κ3) is 3.34. The maximum absolute atomic E-state index is 6.07. The first-order valence-corrected chi connectivity index (χ1v) is 7.43. The van der Waals surface area contributed by atoms with Crippen molar-refractivity contribution in [1.82, 2.24) is 0 Å². The zero-order chi connectivity index (χ0) is 13.2. The Bertz CT molecular complexity index is 405. The van der Waals surface area contributed by atoms with E-state index in [1.54, 1.807) is 0 Å². The largest absolute Gasteiger partial charge is 0.372 e. The Hall–Kier alpha value is -0.380. The van der Waals surface area contributed by atoms with E-state index in [1.165, 1.54) is 5.56 Å². The summed E-state index contributed by atoms with van der Waals surface area (Å²) in [6.45, 7) is 5.01. The van der Waals surface area contributed by atoms with E-state index in [4.69, 9.17) is 10.5 Å². The number of halogens is 1. The Kier molecular flexibility index (Phi) is 4.46. The summed E-state index contributed by atoms with van der Waals surface area (Å²) >= 11 is 3.61. The van der Waals surface area contributed by atoms with Crippen molar-refractivity contribution in [3.8, 4) is 0 Å². The predicted octanol–water partition coefficient (Wildman–Crippen LogP) is 3.84. The lowest BCUT2D eigenvalue weighted by Crippen LogP contribution is -2.23. The van der Waals surface area contributed by atoms with Crippen LogP contribution in [-0.4, -0.2) is 18.2 Å². The summed E-state index contributed by atoms with van der Waals surface area (Å²) in [4.78, 5) is 0. The molecular weight excluding hydrogens is 290 g/mol. The fraction of sp³-hybridized carbons (Fsp3) is 0.600. The van der Waals surface area contributed by atoms with E-state index < -0.39 is 0 Å². The summed E-state index contributed by atoms with van der Waals surface area (Å²) in [5.74, 6) is 0.375. The second-order valence-electron chi connectivity index (χ2n) is 5.73. The third-order valence-electron chi connectivity index (χ3n) is 3.73. The van der Waals surface area contributed by atoms with Crippen LogP contribution in [0.3, 0.4) is 0 Å². The molecule has 0 bridgehead atoms. The Labute approximate surface area is 118 Å². The first-order chi connectivity index (χ1) is 8.52. The first kappa shape index (κ1) is 14.0. The highest BCUT2D eigenvalue weighted by Crippen LogP contribution is 2.36. The molecule has 2 unspecified atom stereocenters. The lowest BCUT2D eigenvalue weighted by molar-refractivity contribution is -0.0206. The molecule has 1 aromatic carbocycles. The SMILES string of the molecule is CC1(C)CCC(CC(CN)c2ccccc2Br)O1. The maximum atomic E-state index is 6.07. The van der Waals surface area contributed by atoms with Crippen molar-refractivity contribution in [3.63, 3.8) is 0 Å². The minimum atomic E-state index is 0.0394. The van der Waals surface area contributed by atoms with Gasteiger partial charge in [0.15, 0.2) is 0 Å². The van der Waals surface area contributed by atoms with Gasteiger partial charge in [-0.1, -0.05) is 34.1 Å². The monoisotopic (exact) mass is 311 g/mol. The van der Waals surface area contributed by atoms with Crippen LogP contribution in [0.2, 0.25) is 0 Å². The number of rotatable bonds is 4. The van der Waals surface area contributed by atoms with Gasteiger partial charge in [0.2, 0.25) is 0 Å². The van der Waals surface area contributed by atoms with Gasteiger partial charge in [-0.2, -0.15) is 0 Å². The molecule has 2 nitrogen and oxygen atoms in total. The van der Waals surface area contributed by atoms with Crippen molar-refractivity contribution in [1.29, 1.82) is 0 Å². The highest BCUT2D eigenvalue weighted by Gasteiger charge is 2.33. The van der Waals surface area contributed by atoms with Crippen molar-refractivity contribution in [3.05, 3.63) is 34.3 Å². The molecule has 1 aromatic rings. The van der Waals surface area contributed by atoms with Crippen LogP contribution in [0.1, 0.15) is 44.6 Å². The number of nitrogens with two attached hydrogens (primary N) is 1. The van der Waals surface area contributed by atoms with E-state index in [0.717, 1.165) is 23.7 Å². The normalized spacial score (nSPS) is 24.1. The van der Waals surface area contributed by atoms with Crippen LogP contribution in [0.25, 0.3) is 0 Å². The summed E-state index contributed by atoms with van der Waals surface area (Å²) in [6, 6.07) is 8.34. The molecule has 3 heteroatoms. The van der Waals surface area contributed by atoms with Gasteiger partial charge in [-0.3, -0.25) is 0 Å². The summed E-state index contributed by atoms with van der Waals surface area (Å²) in [6.07, 6.45) is 3.65. The molecule has 1 saturated heterocycles. The standard InChI is InChI=1S/C15H22BrNO/c1-15(2)8-7-12(18-15)9-11(10-17)13-5-3-4-6-14(13)16/h3-6,11-12H,7-10,17H2,1-2H3. The van der Waals surface area contributed by atoms with Gasteiger partial charge in [-0.15, -0.1) is 0 Å². The Morgan fingerprint density at radius 1 is 1.44 bits per heavy atom. The molecule has 0 saturated carbocycles. The summed E-state index contributed by atoms with van der Waals surface area (Å²) in [5, 5.41) is 0. The molecule has 1 heterocycles. The van der Waals surface area contributed by atoms with Crippen LogP contribution in [0.5, 0.6) is 0 Å². The minimum absolute atomic E-state index is 0.0394. The molecule has 0 amide bonds. The zero-order valence-electron chi connectivity index (χ0n) is 11.2. The molecule has 0 spiro atoms. The van der Waals surface area contributed by atoms with E-state index in [-0.39, 0.29) is 5.60 Å². The van der Waals surface area contributed by atoms with Gasteiger partial charge >= 0.3 is 0 Å². The van der Waals surface area contributed by atoms with Gasteiger partial charge in [-0.05, 0) is 57.2 Å². The molecule has 100 valence electrons. The van der Waals surface area contributed by atoms with Crippen LogP contribution in [-0.2, 0) is 4.74 Å². The lowest BCUT2D eigenvalue weighted by Gasteiger charge is -2.23. The molecule has 0 aromatic heterocycles. The summed E-state index contributed by atoms with van der Waals surface area (Å²) < 4.78 is 7.22. The topological polar surface area (TPSA) is 35.2 Å². The zero-order valence-corrected chi connectivity index (χ0v) is 12.7. The third-order valence-corrected chi connectivity index (χ3v) is 4.45. The van der Waals surface area contributed by atoms with E-state index in [2.05, 4.69) is 48.0 Å². The average Bonchev–Trinajstić information content (AvgIpc) is 2.67. The highest BCUT2D eigenvalue weighted by molar-refractivity contribution is 9.10. The molecule has 1 aliphatic rings. The average molecular weight is 312 g/mol. The lowest BCUT2D eigenvalue weighted by atomic mass is 9.92. The van der Waals surface area contributed by atoms with Gasteiger partial charge in [0.1, 0.15) is 0 Å². The maximum Gasteiger partial charge on any atom is 0.0631 e. The molecule has 2 N–H and O–H groups in total. The quantitative estimate of drug-likeness (QED) is 0.917. The first-order valence-electron chi connectivity index (χ1n) is 6.64. The number of ether oxygens (including phenoxy) is 1. The van der Waals surface area contributed by atoms with Crippen LogP contribution >= 0.6 is 15.9 Å². The minimum Gasteiger partial charge on any atom is -0.372 e. The van der Waals surface area contributed by atoms with Crippen molar-refractivity contribution in [2.75, 3.05) is 6.54 Å². The van der Waals surface area contributed by atoms with E-state index >= 15 is 0 Å². The second-order valence-corrected chi connectivity index (χ2v) is 6.58. The van der Waals surface area contributed by atoms with Crippen molar-refractivity contribution in [2.45, 2.75) is 50.7 Å². The van der Waals surface area contributed by atoms with E-state index in [9.17, 15) is 0 Å². The van der Waals surface area contributed by atoms with Crippen LogP contribution < -0.4 is 5.73 Å².